The average Bonchev–Trinajstić information content (AvgIpc) is 2.71. The molecule has 1 atom stereocenters. The number of hydrogen-bond acceptors (Lipinski definition) is 4. The van der Waals surface area contributed by atoms with Gasteiger partial charge in [-0.25, -0.2) is 4.68 Å². The Morgan fingerprint density at radius 1 is 1.42 bits per heavy atom. The Morgan fingerprint density at radius 3 is 2.79 bits per heavy atom. The molecular weight excluding hydrogens is 260 g/mol. The molecule has 0 spiro atoms. The fraction of sp³-hybridized carbons (Fsp3) is 0.769. The number of ether oxygens (including phenoxy) is 2. The first-order chi connectivity index (χ1) is 8.92. The topological polar surface area (TPSA) is 56.5 Å². The van der Waals surface area contributed by atoms with Crippen molar-refractivity contribution >= 4 is 8.07 Å². The maximum atomic E-state index is 9.72. The van der Waals surface area contributed by atoms with Crippen LogP contribution in [0.25, 0.3) is 0 Å². The lowest BCUT2D eigenvalue weighted by Gasteiger charge is -2.16. The van der Waals surface area contributed by atoms with Gasteiger partial charge in [-0.2, -0.15) is 5.10 Å². The van der Waals surface area contributed by atoms with Crippen molar-refractivity contribution in [2.75, 3.05) is 20.3 Å². The van der Waals surface area contributed by atoms with Crippen molar-refractivity contribution in [2.24, 2.45) is 0 Å². The zero-order chi connectivity index (χ0) is 14.3. The minimum atomic E-state index is -1.04. The molecule has 6 heteroatoms. The van der Waals surface area contributed by atoms with E-state index in [4.69, 9.17) is 9.47 Å². The summed E-state index contributed by atoms with van der Waals surface area (Å²) in [5, 5.41) is 13.9. The van der Waals surface area contributed by atoms with Crippen LogP contribution in [0.15, 0.2) is 12.3 Å². The predicted molar refractivity (Wildman–Crippen MR) is 77.9 cm³/mol. The molecule has 0 fully saturated rings. The Labute approximate surface area is 116 Å². The van der Waals surface area contributed by atoms with Crippen LogP contribution in [0.2, 0.25) is 25.7 Å². The third-order valence-electron chi connectivity index (χ3n) is 2.82. The Balaban J connectivity index is 2.36. The van der Waals surface area contributed by atoms with E-state index in [1.54, 1.807) is 18.0 Å². The van der Waals surface area contributed by atoms with E-state index in [0.29, 0.717) is 19.8 Å². The Morgan fingerprint density at radius 2 is 2.16 bits per heavy atom. The van der Waals surface area contributed by atoms with E-state index < -0.39 is 14.2 Å². The SMILES string of the molecule is COC[C@@H](O)Cc1ccnn1COCC[Si](C)(C)C. The molecule has 1 heterocycles. The Bertz CT molecular complexity index is 363. The molecule has 0 saturated heterocycles. The number of aliphatic hydroxyl groups excluding tert-OH is 1. The Hall–Kier alpha value is -0.693. The number of methoxy groups -OCH3 is 1. The van der Waals surface area contributed by atoms with Crippen LogP contribution >= 0.6 is 0 Å². The van der Waals surface area contributed by atoms with E-state index in [1.807, 2.05) is 6.07 Å². The first kappa shape index (κ1) is 16.4. The molecular formula is C13H26N2O3Si. The molecule has 1 aromatic heterocycles. The minimum Gasteiger partial charge on any atom is -0.390 e. The van der Waals surface area contributed by atoms with Crippen molar-refractivity contribution < 1.29 is 14.6 Å². The molecule has 110 valence electrons. The summed E-state index contributed by atoms with van der Waals surface area (Å²) in [4.78, 5) is 0. The van der Waals surface area contributed by atoms with Crippen molar-refractivity contribution in [3.63, 3.8) is 0 Å². The number of aliphatic hydroxyl groups is 1. The highest BCUT2D eigenvalue weighted by Crippen LogP contribution is 2.09. The molecule has 0 aliphatic heterocycles. The van der Waals surface area contributed by atoms with Crippen LogP contribution in [0.3, 0.4) is 0 Å². The zero-order valence-corrected chi connectivity index (χ0v) is 13.4. The van der Waals surface area contributed by atoms with Gasteiger partial charge in [0.2, 0.25) is 0 Å². The van der Waals surface area contributed by atoms with Crippen molar-refractivity contribution in [3.05, 3.63) is 18.0 Å². The number of hydrogen-bond donors (Lipinski definition) is 1. The summed E-state index contributed by atoms with van der Waals surface area (Å²) in [7, 11) is 0.542. The van der Waals surface area contributed by atoms with Gasteiger partial charge in [-0.1, -0.05) is 19.6 Å². The van der Waals surface area contributed by atoms with E-state index in [0.717, 1.165) is 18.3 Å². The summed E-state index contributed by atoms with van der Waals surface area (Å²) in [6.07, 6.45) is 1.77. The molecule has 1 N–H and O–H groups in total. The first-order valence-corrected chi connectivity index (χ1v) is 10.4. The van der Waals surface area contributed by atoms with Crippen molar-refractivity contribution in [3.8, 4) is 0 Å². The predicted octanol–water partition coefficient (Wildman–Crippen LogP) is 1.75. The highest BCUT2D eigenvalue weighted by molar-refractivity contribution is 6.76. The summed E-state index contributed by atoms with van der Waals surface area (Å²) >= 11 is 0. The average molecular weight is 286 g/mol. The summed E-state index contributed by atoms with van der Waals surface area (Å²) in [6, 6.07) is 3.05. The fourth-order valence-corrected chi connectivity index (χ4v) is 2.43. The minimum absolute atomic E-state index is 0.335. The van der Waals surface area contributed by atoms with E-state index >= 15 is 0 Å². The normalized spacial score (nSPS) is 13.7. The summed E-state index contributed by atoms with van der Waals surface area (Å²) in [6.45, 7) is 8.55. The number of nitrogens with zero attached hydrogens (tertiary/aromatic N) is 2. The lowest BCUT2D eigenvalue weighted by molar-refractivity contribution is 0.0560. The fourth-order valence-electron chi connectivity index (χ4n) is 1.67. The molecule has 0 bridgehead atoms. The standard InChI is InChI=1S/C13H26N2O3Si/c1-17-10-13(16)9-12-5-6-14-15(12)11-18-7-8-19(2,3)4/h5-6,13,16H,7-11H2,1-4H3/t13-/m0/s1. The maximum absolute atomic E-state index is 9.72. The highest BCUT2D eigenvalue weighted by atomic mass is 28.3. The first-order valence-electron chi connectivity index (χ1n) is 6.68. The Kier molecular flexibility index (Phi) is 6.71. The van der Waals surface area contributed by atoms with Gasteiger partial charge in [0, 0.05) is 40.1 Å². The van der Waals surface area contributed by atoms with Gasteiger partial charge in [0.1, 0.15) is 6.73 Å². The molecule has 0 unspecified atom stereocenters. The lowest BCUT2D eigenvalue weighted by Crippen LogP contribution is -2.23. The molecule has 0 radical (unpaired) electrons. The third kappa shape index (κ3) is 6.86. The van der Waals surface area contributed by atoms with Crippen LogP contribution in [0.1, 0.15) is 5.69 Å². The van der Waals surface area contributed by atoms with Crippen molar-refractivity contribution in [2.45, 2.75) is 44.9 Å². The second-order valence-electron chi connectivity index (χ2n) is 5.98. The van der Waals surface area contributed by atoms with E-state index in [9.17, 15) is 5.11 Å². The van der Waals surface area contributed by atoms with Gasteiger partial charge >= 0.3 is 0 Å². The van der Waals surface area contributed by atoms with Crippen LogP contribution in [0.5, 0.6) is 0 Å². The monoisotopic (exact) mass is 286 g/mol. The van der Waals surface area contributed by atoms with Crippen molar-refractivity contribution in [1.82, 2.24) is 9.78 Å². The van der Waals surface area contributed by atoms with Gasteiger partial charge in [-0.15, -0.1) is 0 Å². The summed E-state index contributed by atoms with van der Waals surface area (Å²) in [5.41, 5.74) is 0.970. The second-order valence-corrected chi connectivity index (χ2v) is 11.6. The molecule has 0 aromatic carbocycles. The van der Waals surface area contributed by atoms with Crippen LogP contribution in [0, 0.1) is 0 Å². The zero-order valence-electron chi connectivity index (χ0n) is 12.4. The second kappa shape index (κ2) is 7.79. The van der Waals surface area contributed by atoms with Gasteiger partial charge in [-0.05, 0) is 12.1 Å². The van der Waals surface area contributed by atoms with Crippen molar-refractivity contribution in [1.29, 1.82) is 0 Å². The highest BCUT2D eigenvalue weighted by Gasteiger charge is 2.13. The number of rotatable bonds is 9. The van der Waals surface area contributed by atoms with E-state index in [-0.39, 0.29) is 0 Å². The van der Waals surface area contributed by atoms with Crippen LogP contribution in [-0.4, -0.2) is 49.4 Å². The lowest BCUT2D eigenvalue weighted by atomic mass is 10.2. The molecule has 0 amide bonds. The van der Waals surface area contributed by atoms with E-state index in [2.05, 4.69) is 24.7 Å². The number of aromatic nitrogens is 2. The van der Waals surface area contributed by atoms with E-state index in [1.165, 1.54) is 0 Å². The van der Waals surface area contributed by atoms with Gasteiger partial charge in [0.15, 0.2) is 0 Å². The van der Waals surface area contributed by atoms with Gasteiger partial charge in [-0.3, -0.25) is 0 Å². The van der Waals surface area contributed by atoms with Crippen LogP contribution in [-0.2, 0) is 22.6 Å². The molecule has 0 aliphatic carbocycles. The molecule has 19 heavy (non-hydrogen) atoms. The quantitative estimate of drug-likeness (QED) is 0.555. The molecule has 1 aromatic rings. The molecule has 0 saturated carbocycles. The summed E-state index contributed by atoms with van der Waals surface area (Å²) in [5.74, 6) is 0. The molecule has 1 rings (SSSR count). The molecule has 5 nitrogen and oxygen atoms in total. The van der Waals surface area contributed by atoms with Gasteiger partial charge in [0.25, 0.3) is 0 Å². The third-order valence-corrected chi connectivity index (χ3v) is 4.52. The molecule has 0 aliphatic rings. The van der Waals surface area contributed by atoms with Crippen LogP contribution < -0.4 is 0 Å². The smallest absolute Gasteiger partial charge is 0.139 e. The van der Waals surface area contributed by atoms with Gasteiger partial charge in [0.05, 0.1) is 12.7 Å². The van der Waals surface area contributed by atoms with Crippen LogP contribution in [0.4, 0.5) is 0 Å². The largest absolute Gasteiger partial charge is 0.390 e. The summed E-state index contributed by atoms with van der Waals surface area (Å²) < 4.78 is 12.4. The van der Waals surface area contributed by atoms with Gasteiger partial charge < -0.3 is 14.6 Å². The maximum Gasteiger partial charge on any atom is 0.139 e.